The van der Waals surface area contributed by atoms with Crippen LogP contribution in [0.1, 0.15) is 6.42 Å². The van der Waals surface area contributed by atoms with Crippen molar-refractivity contribution in [3.8, 4) is 11.5 Å². The Kier molecular flexibility index (Phi) is 7.56. The summed E-state index contributed by atoms with van der Waals surface area (Å²) in [6, 6.07) is 14.1. The number of amides is 2. The van der Waals surface area contributed by atoms with Crippen LogP contribution in [0.5, 0.6) is 11.5 Å². The van der Waals surface area contributed by atoms with Crippen LogP contribution in [-0.4, -0.2) is 25.0 Å². The number of nitrogens with one attached hydrogen (secondary N) is 2. The highest BCUT2D eigenvalue weighted by molar-refractivity contribution is 9.10. The molecule has 2 amide bonds. The van der Waals surface area contributed by atoms with Crippen LogP contribution >= 0.6 is 27.5 Å². The van der Waals surface area contributed by atoms with Gasteiger partial charge in [-0.15, -0.1) is 0 Å². The van der Waals surface area contributed by atoms with Crippen molar-refractivity contribution in [2.75, 3.05) is 13.2 Å². The van der Waals surface area contributed by atoms with Gasteiger partial charge in [0.25, 0.3) is 5.91 Å². The maximum absolute atomic E-state index is 11.7. The summed E-state index contributed by atoms with van der Waals surface area (Å²) in [5.41, 5.74) is 4.55. The van der Waals surface area contributed by atoms with Gasteiger partial charge in [0.05, 0.1) is 18.1 Å². The fourth-order valence-corrected chi connectivity index (χ4v) is 2.33. The summed E-state index contributed by atoms with van der Waals surface area (Å²) >= 11 is 9.24. The minimum absolute atomic E-state index is 0.0954. The van der Waals surface area contributed by atoms with Gasteiger partial charge in [0.15, 0.2) is 6.61 Å². The zero-order valence-corrected chi connectivity index (χ0v) is 15.5. The summed E-state index contributed by atoms with van der Waals surface area (Å²) in [6.45, 7) is -0.0766. The van der Waals surface area contributed by atoms with Crippen LogP contribution in [0.3, 0.4) is 0 Å². The van der Waals surface area contributed by atoms with Crippen LogP contribution in [0.25, 0.3) is 0 Å². The number of benzene rings is 2. The molecule has 132 valence electrons. The molecule has 2 N–H and O–H groups in total. The zero-order chi connectivity index (χ0) is 18.1. The van der Waals surface area contributed by atoms with Crippen molar-refractivity contribution in [3.63, 3.8) is 0 Å². The third-order valence-electron chi connectivity index (χ3n) is 2.93. The molecule has 0 bridgehead atoms. The molecule has 0 aliphatic carbocycles. The number of para-hydroxylation sites is 1. The van der Waals surface area contributed by atoms with Gasteiger partial charge in [0.1, 0.15) is 11.5 Å². The molecule has 0 heterocycles. The monoisotopic (exact) mass is 426 g/mol. The molecule has 2 aromatic rings. The number of halogens is 2. The van der Waals surface area contributed by atoms with Gasteiger partial charge in [-0.05, 0) is 30.3 Å². The van der Waals surface area contributed by atoms with E-state index in [0.29, 0.717) is 16.5 Å². The predicted octanol–water partition coefficient (Wildman–Crippen LogP) is 3.10. The molecule has 0 aromatic heterocycles. The van der Waals surface area contributed by atoms with E-state index in [2.05, 4.69) is 26.8 Å². The van der Waals surface area contributed by atoms with Crippen molar-refractivity contribution in [3.05, 3.63) is 58.0 Å². The number of hydrazine groups is 1. The minimum atomic E-state index is -0.499. The molecule has 0 aliphatic rings. The SMILES string of the molecule is O=C(CCOc1cccc(Br)c1)NNC(=O)COc1ccccc1Cl. The summed E-state index contributed by atoms with van der Waals surface area (Å²) in [5.74, 6) is 0.176. The Bertz CT molecular complexity index is 742. The molecule has 2 rings (SSSR count). The molecule has 0 fully saturated rings. The highest BCUT2D eigenvalue weighted by Crippen LogP contribution is 2.22. The first-order chi connectivity index (χ1) is 12.0. The van der Waals surface area contributed by atoms with Gasteiger partial charge in [0.2, 0.25) is 5.91 Å². The molecule has 0 saturated heterocycles. The Labute approximate surface area is 158 Å². The van der Waals surface area contributed by atoms with E-state index >= 15 is 0 Å². The summed E-state index contributed by atoms with van der Waals surface area (Å²) in [4.78, 5) is 23.3. The van der Waals surface area contributed by atoms with E-state index < -0.39 is 5.91 Å². The number of rotatable bonds is 7. The van der Waals surface area contributed by atoms with Gasteiger partial charge in [0, 0.05) is 4.47 Å². The molecule has 0 unspecified atom stereocenters. The molecule has 6 nitrogen and oxygen atoms in total. The molecular formula is C17H16BrClN2O4. The van der Waals surface area contributed by atoms with Gasteiger partial charge >= 0.3 is 0 Å². The van der Waals surface area contributed by atoms with Crippen molar-refractivity contribution in [2.24, 2.45) is 0 Å². The Hall–Kier alpha value is -2.25. The van der Waals surface area contributed by atoms with Gasteiger partial charge in [-0.25, -0.2) is 0 Å². The van der Waals surface area contributed by atoms with E-state index in [-0.39, 0.29) is 25.5 Å². The Morgan fingerprint density at radius 1 is 1.00 bits per heavy atom. The predicted molar refractivity (Wildman–Crippen MR) is 97.5 cm³/mol. The molecule has 0 radical (unpaired) electrons. The summed E-state index contributed by atoms with van der Waals surface area (Å²) in [5, 5.41) is 0.407. The lowest BCUT2D eigenvalue weighted by Crippen LogP contribution is -2.44. The fourth-order valence-electron chi connectivity index (χ4n) is 1.76. The zero-order valence-electron chi connectivity index (χ0n) is 13.1. The van der Waals surface area contributed by atoms with Crippen molar-refractivity contribution in [2.45, 2.75) is 6.42 Å². The average Bonchev–Trinajstić information content (AvgIpc) is 2.59. The first-order valence-corrected chi connectivity index (χ1v) is 8.55. The lowest BCUT2D eigenvalue weighted by Gasteiger charge is -2.10. The lowest BCUT2D eigenvalue weighted by atomic mass is 10.3. The minimum Gasteiger partial charge on any atom is -0.493 e. The summed E-state index contributed by atoms with van der Waals surface area (Å²) in [7, 11) is 0. The molecule has 0 atom stereocenters. The number of carbonyl (C=O) groups is 2. The maximum Gasteiger partial charge on any atom is 0.276 e. The Balaban J connectivity index is 1.62. The van der Waals surface area contributed by atoms with Crippen LogP contribution in [-0.2, 0) is 9.59 Å². The van der Waals surface area contributed by atoms with E-state index in [0.717, 1.165) is 4.47 Å². The first-order valence-electron chi connectivity index (χ1n) is 7.38. The van der Waals surface area contributed by atoms with Crippen LogP contribution in [0.4, 0.5) is 0 Å². The largest absolute Gasteiger partial charge is 0.493 e. The standard InChI is InChI=1S/C17H16BrClN2O4/c18-12-4-3-5-13(10-12)24-9-8-16(22)20-21-17(23)11-25-15-7-2-1-6-14(15)19/h1-7,10H,8-9,11H2,(H,20,22)(H,21,23). The van der Waals surface area contributed by atoms with Crippen LogP contribution < -0.4 is 20.3 Å². The third kappa shape index (κ3) is 7.03. The molecule has 8 heteroatoms. The van der Waals surface area contributed by atoms with Gasteiger partial charge < -0.3 is 9.47 Å². The first kappa shape index (κ1) is 19.1. The number of hydrogen-bond donors (Lipinski definition) is 2. The fraction of sp³-hybridized carbons (Fsp3) is 0.176. The highest BCUT2D eigenvalue weighted by atomic mass is 79.9. The topological polar surface area (TPSA) is 76.7 Å². The van der Waals surface area contributed by atoms with E-state index in [1.165, 1.54) is 0 Å². The third-order valence-corrected chi connectivity index (χ3v) is 3.74. The van der Waals surface area contributed by atoms with Gasteiger partial charge in [-0.3, -0.25) is 20.4 Å². The molecule has 2 aromatic carbocycles. The summed E-state index contributed by atoms with van der Waals surface area (Å²) < 4.78 is 11.6. The van der Waals surface area contributed by atoms with E-state index in [1.54, 1.807) is 36.4 Å². The Morgan fingerprint density at radius 3 is 2.52 bits per heavy atom. The number of ether oxygens (including phenoxy) is 2. The van der Waals surface area contributed by atoms with Crippen LogP contribution in [0, 0.1) is 0 Å². The molecule has 0 spiro atoms. The number of hydrogen-bond acceptors (Lipinski definition) is 4. The van der Waals surface area contributed by atoms with Gasteiger partial charge in [-0.1, -0.05) is 45.7 Å². The van der Waals surface area contributed by atoms with Crippen molar-refractivity contribution in [1.29, 1.82) is 0 Å². The van der Waals surface area contributed by atoms with Crippen LogP contribution in [0.15, 0.2) is 53.0 Å². The second kappa shape index (κ2) is 9.90. The quantitative estimate of drug-likeness (QED) is 0.666. The number of carbonyl (C=O) groups excluding carboxylic acids is 2. The summed E-state index contributed by atoms with van der Waals surface area (Å²) in [6.07, 6.45) is 0.0954. The molecule has 25 heavy (non-hydrogen) atoms. The van der Waals surface area contributed by atoms with Gasteiger partial charge in [-0.2, -0.15) is 0 Å². The molecule has 0 saturated carbocycles. The molecular weight excluding hydrogens is 412 g/mol. The Morgan fingerprint density at radius 2 is 1.76 bits per heavy atom. The van der Waals surface area contributed by atoms with Crippen molar-refractivity contribution < 1.29 is 19.1 Å². The lowest BCUT2D eigenvalue weighted by molar-refractivity contribution is -0.130. The second-order valence-corrected chi connectivity index (χ2v) is 6.19. The van der Waals surface area contributed by atoms with E-state index in [1.807, 2.05) is 12.1 Å². The highest BCUT2D eigenvalue weighted by Gasteiger charge is 2.07. The average molecular weight is 428 g/mol. The smallest absolute Gasteiger partial charge is 0.276 e. The van der Waals surface area contributed by atoms with E-state index in [4.69, 9.17) is 21.1 Å². The van der Waals surface area contributed by atoms with E-state index in [9.17, 15) is 9.59 Å². The molecule has 0 aliphatic heterocycles. The maximum atomic E-state index is 11.7. The van der Waals surface area contributed by atoms with Crippen molar-refractivity contribution >= 4 is 39.3 Å². The van der Waals surface area contributed by atoms with Crippen molar-refractivity contribution in [1.82, 2.24) is 10.9 Å². The second-order valence-electron chi connectivity index (χ2n) is 4.87. The van der Waals surface area contributed by atoms with Crippen LogP contribution in [0.2, 0.25) is 5.02 Å². The normalized spacial score (nSPS) is 10.0.